The van der Waals surface area contributed by atoms with Crippen LogP contribution in [0.15, 0.2) is 61.1 Å². The number of benzene rings is 2. The molecule has 0 unspecified atom stereocenters. The number of nitrogens with one attached hydrogen (secondary N) is 2. The Morgan fingerprint density at radius 1 is 0.800 bits per heavy atom. The van der Waals surface area contributed by atoms with Gasteiger partial charge in [0.1, 0.15) is 17.9 Å². The van der Waals surface area contributed by atoms with Gasteiger partial charge in [0.15, 0.2) is 17.3 Å². The molecule has 0 aliphatic heterocycles. The third-order valence-electron chi connectivity index (χ3n) is 5.16. The fourth-order valence-corrected chi connectivity index (χ4v) is 3.42. The van der Waals surface area contributed by atoms with Gasteiger partial charge < -0.3 is 29.6 Å². The van der Waals surface area contributed by atoms with Crippen molar-refractivity contribution in [1.82, 2.24) is 19.9 Å². The van der Waals surface area contributed by atoms with E-state index in [0.29, 0.717) is 47.1 Å². The molecular weight excluding hydrogens is 448 g/mol. The molecule has 10 heteroatoms. The van der Waals surface area contributed by atoms with E-state index in [9.17, 15) is 0 Å². The van der Waals surface area contributed by atoms with Gasteiger partial charge in [-0.15, -0.1) is 0 Å². The maximum Gasteiger partial charge on any atom is 0.230 e. The SMILES string of the molecule is COc1ccc(CNc2ncccc2-c2ncnc(Nc3cc(OC)c(OC)c(OC)c3)n2)cc1. The highest BCUT2D eigenvalue weighted by Crippen LogP contribution is 2.40. The Balaban J connectivity index is 1.56. The summed E-state index contributed by atoms with van der Waals surface area (Å²) in [5, 5.41) is 6.53. The second-order valence-electron chi connectivity index (χ2n) is 7.27. The highest BCUT2D eigenvalue weighted by molar-refractivity contribution is 5.71. The molecule has 10 nitrogen and oxygen atoms in total. The highest BCUT2D eigenvalue weighted by atomic mass is 16.5. The Labute approximate surface area is 203 Å². The van der Waals surface area contributed by atoms with E-state index in [4.69, 9.17) is 18.9 Å². The Morgan fingerprint density at radius 2 is 1.54 bits per heavy atom. The molecule has 2 heterocycles. The Bertz CT molecular complexity index is 1260. The normalized spacial score (nSPS) is 10.4. The first-order valence-electron chi connectivity index (χ1n) is 10.7. The molecule has 0 saturated heterocycles. The van der Waals surface area contributed by atoms with Gasteiger partial charge in [-0.1, -0.05) is 12.1 Å². The molecule has 35 heavy (non-hydrogen) atoms. The first-order chi connectivity index (χ1) is 17.1. The predicted octanol–water partition coefficient (Wildman–Crippen LogP) is 4.32. The lowest BCUT2D eigenvalue weighted by molar-refractivity contribution is 0.324. The van der Waals surface area contributed by atoms with Crippen LogP contribution in [0.1, 0.15) is 5.56 Å². The Hall–Kier alpha value is -4.60. The molecule has 0 amide bonds. The van der Waals surface area contributed by atoms with E-state index in [0.717, 1.165) is 16.9 Å². The van der Waals surface area contributed by atoms with E-state index in [1.54, 1.807) is 46.8 Å². The Kier molecular flexibility index (Phi) is 7.41. The van der Waals surface area contributed by atoms with Gasteiger partial charge in [0.25, 0.3) is 0 Å². The quantitative estimate of drug-likeness (QED) is 0.344. The molecule has 2 N–H and O–H groups in total. The predicted molar refractivity (Wildman–Crippen MR) is 133 cm³/mol. The van der Waals surface area contributed by atoms with Crippen molar-refractivity contribution in [3.05, 3.63) is 66.6 Å². The van der Waals surface area contributed by atoms with Crippen LogP contribution in [0, 0.1) is 0 Å². The van der Waals surface area contributed by atoms with Crippen molar-refractivity contribution in [3.8, 4) is 34.4 Å². The van der Waals surface area contributed by atoms with Crippen LogP contribution in [0.4, 0.5) is 17.5 Å². The van der Waals surface area contributed by atoms with Gasteiger partial charge >= 0.3 is 0 Å². The molecule has 0 aliphatic rings. The average Bonchev–Trinajstić information content (AvgIpc) is 2.91. The van der Waals surface area contributed by atoms with E-state index in [2.05, 4.69) is 30.6 Å². The lowest BCUT2D eigenvalue weighted by Crippen LogP contribution is -2.05. The molecule has 0 saturated carbocycles. The highest BCUT2D eigenvalue weighted by Gasteiger charge is 2.15. The summed E-state index contributed by atoms with van der Waals surface area (Å²) in [6.07, 6.45) is 3.17. The minimum Gasteiger partial charge on any atom is -0.497 e. The minimum absolute atomic E-state index is 0.356. The van der Waals surface area contributed by atoms with Crippen molar-refractivity contribution < 1.29 is 18.9 Å². The summed E-state index contributed by atoms with van der Waals surface area (Å²) in [5.74, 6) is 3.83. The summed E-state index contributed by atoms with van der Waals surface area (Å²) in [5.41, 5.74) is 2.50. The number of aromatic nitrogens is 4. The second kappa shape index (κ2) is 11.0. The van der Waals surface area contributed by atoms with Crippen LogP contribution in [-0.2, 0) is 6.54 Å². The van der Waals surface area contributed by atoms with Crippen LogP contribution in [0.5, 0.6) is 23.0 Å². The minimum atomic E-state index is 0.356. The van der Waals surface area contributed by atoms with Crippen LogP contribution in [0.3, 0.4) is 0 Å². The van der Waals surface area contributed by atoms with E-state index in [1.807, 2.05) is 36.4 Å². The molecule has 180 valence electrons. The number of pyridine rings is 1. The number of nitrogens with zero attached hydrogens (tertiary/aromatic N) is 4. The number of anilines is 3. The third-order valence-corrected chi connectivity index (χ3v) is 5.16. The van der Waals surface area contributed by atoms with Gasteiger partial charge in [0.2, 0.25) is 11.7 Å². The van der Waals surface area contributed by atoms with Crippen LogP contribution in [-0.4, -0.2) is 48.4 Å². The smallest absolute Gasteiger partial charge is 0.230 e. The van der Waals surface area contributed by atoms with Gasteiger partial charge in [-0.2, -0.15) is 4.98 Å². The lowest BCUT2D eigenvalue weighted by atomic mass is 10.2. The van der Waals surface area contributed by atoms with Crippen molar-refractivity contribution in [3.63, 3.8) is 0 Å². The second-order valence-corrected chi connectivity index (χ2v) is 7.27. The lowest BCUT2D eigenvalue weighted by Gasteiger charge is -2.15. The van der Waals surface area contributed by atoms with Crippen LogP contribution in [0.2, 0.25) is 0 Å². The molecule has 0 atom stereocenters. The monoisotopic (exact) mass is 474 g/mol. The van der Waals surface area contributed by atoms with Crippen LogP contribution < -0.4 is 29.6 Å². The van der Waals surface area contributed by atoms with Crippen molar-refractivity contribution in [2.45, 2.75) is 6.54 Å². The maximum atomic E-state index is 5.42. The Morgan fingerprint density at radius 3 is 2.20 bits per heavy atom. The molecule has 0 spiro atoms. The van der Waals surface area contributed by atoms with Crippen LogP contribution in [0.25, 0.3) is 11.4 Å². The third kappa shape index (κ3) is 5.49. The molecule has 4 aromatic rings. The van der Waals surface area contributed by atoms with Gasteiger partial charge in [-0.05, 0) is 29.8 Å². The summed E-state index contributed by atoms with van der Waals surface area (Å²) in [6.45, 7) is 0.579. The van der Waals surface area contributed by atoms with E-state index in [1.165, 1.54) is 6.33 Å². The number of hydrogen-bond acceptors (Lipinski definition) is 10. The fraction of sp³-hybridized carbons (Fsp3) is 0.200. The summed E-state index contributed by atoms with van der Waals surface area (Å²) in [4.78, 5) is 17.7. The topological polar surface area (TPSA) is 113 Å². The largest absolute Gasteiger partial charge is 0.497 e. The van der Waals surface area contributed by atoms with Gasteiger partial charge in [-0.25, -0.2) is 15.0 Å². The maximum absolute atomic E-state index is 5.42. The molecular formula is C25H26N6O4. The summed E-state index contributed by atoms with van der Waals surface area (Å²) in [7, 11) is 6.32. The van der Waals surface area contributed by atoms with Gasteiger partial charge in [-0.3, -0.25) is 0 Å². The zero-order valence-electron chi connectivity index (χ0n) is 19.9. The molecule has 0 radical (unpaired) electrons. The summed E-state index contributed by atoms with van der Waals surface area (Å²) >= 11 is 0. The van der Waals surface area contributed by atoms with E-state index < -0.39 is 0 Å². The number of ether oxygens (including phenoxy) is 4. The van der Waals surface area contributed by atoms with Gasteiger partial charge in [0, 0.05) is 30.6 Å². The fourth-order valence-electron chi connectivity index (χ4n) is 3.42. The molecule has 0 bridgehead atoms. The van der Waals surface area contributed by atoms with E-state index in [-0.39, 0.29) is 0 Å². The molecule has 0 aliphatic carbocycles. The zero-order chi connectivity index (χ0) is 24.6. The summed E-state index contributed by atoms with van der Waals surface area (Å²) in [6, 6.07) is 15.1. The van der Waals surface area contributed by atoms with Gasteiger partial charge in [0.05, 0.1) is 34.0 Å². The molecule has 0 fully saturated rings. The number of rotatable bonds is 10. The standard InChI is InChI=1S/C25H26N6O4/c1-32-18-9-7-16(8-10-18)14-27-23-19(6-5-11-26-23)24-28-15-29-25(31-24)30-17-12-20(33-2)22(35-4)21(13-17)34-3/h5-13,15H,14H2,1-4H3,(H,26,27)(H,28,29,30,31). The van der Waals surface area contributed by atoms with E-state index >= 15 is 0 Å². The number of methoxy groups -OCH3 is 4. The first kappa shape index (κ1) is 23.6. The first-order valence-corrected chi connectivity index (χ1v) is 10.7. The average molecular weight is 475 g/mol. The van der Waals surface area contributed by atoms with Crippen molar-refractivity contribution in [2.75, 3.05) is 39.1 Å². The molecule has 2 aromatic carbocycles. The number of hydrogen-bond donors (Lipinski definition) is 2. The summed E-state index contributed by atoms with van der Waals surface area (Å²) < 4.78 is 21.4. The zero-order valence-corrected chi connectivity index (χ0v) is 19.9. The van der Waals surface area contributed by atoms with Crippen molar-refractivity contribution in [1.29, 1.82) is 0 Å². The van der Waals surface area contributed by atoms with Crippen molar-refractivity contribution in [2.24, 2.45) is 0 Å². The molecule has 4 rings (SSSR count). The molecule has 2 aromatic heterocycles. The van der Waals surface area contributed by atoms with Crippen molar-refractivity contribution >= 4 is 17.5 Å². The van der Waals surface area contributed by atoms with Crippen LogP contribution >= 0.6 is 0 Å².